The molecule has 0 amide bonds. The highest BCUT2D eigenvalue weighted by molar-refractivity contribution is 5.94. The Balaban J connectivity index is 1.45. The first-order valence-electron chi connectivity index (χ1n) is 11.8. The monoisotopic (exact) mass is 455 g/mol. The minimum Gasteiger partial charge on any atom is -0.353 e. The van der Waals surface area contributed by atoms with Gasteiger partial charge in [0.25, 0.3) is 0 Å². The zero-order chi connectivity index (χ0) is 23.3. The van der Waals surface area contributed by atoms with Crippen molar-refractivity contribution in [2.75, 3.05) is 29.9 Å². The summed E-state index contributed by atoms with van der Waals surface area (Å²) in [6, 6.07) is 5.84. The van der Waals surface area contributed by atoms with Crippen LogP contribution in [0.5, 0.6) is 0 Å². The van der Waals surface area contributed by atoms with Gasteiger partial charge >= 0.3 is 0 Å². The van der Waals surface area contributed by atoms with E-state index in [1.807, 2.05) is 43.8 Å². The van der Waals surface area contributed by atoms with Crippen LogP contribution < -0.4 is 15.5 Å². The quantitative estimate of drug-likeness (QED) is 0.471. The average Bonchev–Trinajstić information content (AvgIpc) is 3.59. The van der Waals surface area contributed by atoms with Crippen LogP contribution in [0.4, 0.5) is 17.5 Å². The van der Waals surface area contributed by atoms with Crippen molar-refractivity contribution in [1.29, 1.82) is 0 Å². The molecule has 1 saturated carbocycles. The molecule has 1 aliphatic heterocycles. The summed E-state index contributed by atoms with van der Waals surface area (Å²) >= 11 is 0. The fourth-order valence-electron chi connectivity index (χ4n) is 4.72. The van der Waals surface area contributed by atoms with Gasteiger partial charge in [0.2, 0.25) is 0 Å². The van der Waals surface area contributed by atoms with Gasteiger partial charge in [-0.2, -0.15) is 5.10 Å². The SMILES string of the molecule is Cn1ccc(Nc2cc(-c3nc(N4CCNC(C)(C)C4)c4c(C5CC5)cncc4n3)ccn2)n1. The molecule has 0 unspecified atom stereocenters. The molecule has 4 aromatic heterocycles. The predicted molar refractivity (Wildman–Crippen MR) is 133 cm³/mol. The highest BCUT2D eigenvalue weighted by Crippen LogP contribution is 2.45. The molecule has 0 aromatic carbocycles. The Morgan fingerprint density at radius 1 is 1.12 bits per heavy atom. The number of aryl methyl sites for hydroxylation is 1. The summed E-state index contributed by atoms with van der Waals surface area (Å²) < 4.78 is 1.75. The first-order valence-corrected chi connectivity index (χ1v) is 11.8. The van der Waals surface area contributed by atoms with Crippen LogP contribution in [0.15, 0.2) is 43.0 Å². The molecular formula is C25H29N9. The van der Waals surface area contributed by atoms with Crippen molar-refractivity contribution in [3.63, 3.8) is 0 Å². The Morgan fingerprint density at radius 3 is 2.76 bits per heavy atom. The fourth-order valence-corrected chi connectivity index (χ4v) is 4.72. The molecule has 0 atom stereocenters. The highest BCUT2D eigenvalue weighted by atomic mass is 15.3. The van der Waals surface area contributed by atoms with Gasteiger partial charge in [0.15, 0.2) is 11.6 Å². The van der Waals surface area contributed by atoms with E-state index in [1.165, 1.54) is 18.4 Å². The molecule has 2 N–H and O–H groups in total. The van der Waals surface area contributed by atoms with Gasteiger partial charge in [0, 0.05) is 67.8 Å². The number of aromatic nitrogens is 6. The molecule has 0 radical (unpaired) electrons. The highest BCUT2D eigenvalue weighted by Gasteiger charge is 2.32. The maximum Gasteiger partial charge on any atom is 0.162 e. The second-order valence-electron chi connectivity index (χ2n) is 9.93. The van der Waals surface area contributed by atoms with E-state index >= 15 is 0 Å². The number of hydrogen-bond acceptors (Lipinski definition) is 8. The van der Waals surface area contributed by atoms with E-state index in [0.717, 1.165) is 47.7 Å². The lowest BCUT2D eigenvalue weighted by Crippen LogP contribution is -2.57. The average molecular weight is 456 g/mol. The number of pyridine rings is 2. The third kappa shape index (κ3) is 4.07. The van der Waals surface area contributed by atoms with Crippen molar-refractivity contribution < 1.29 is 0 Å². The van der Waals surface area contributed by atoms with Crippen molar-refractivity contribution >= 4 is 28.4 Å². The first kappa shape index (κ1) is 21.0. The topological polar surface area (TPSA) is 96.7 Å². The van der Waals surface area contributed by atoms with E-state index in [4.69, 9.17) is 9.97 Å². The van der Waals surface area contributed by atoms with Gasteiger partial charge < -0.3 is 15.5 Å². The molecule has 0 spiro atoms. The number of piperazine rings is 1. The Hall–Kier alpha value is -3.59. The van der Waals surface area contributed by atoms with Crippen molar-refractivity contribution in [3.05, 3.63) is 48.5 Å². The molecule has 174 valence electrons. The van der Waals surface area contributed by atoms with Crippen LogP contribution in [0, 0.1) is 0 Å². The molecule has 9 nitrogen and oxygen atoms in total. The predicted octanol–water partition coefficient (Wildman–Crippen LogP) is 3.63. The Bertz CT molecular complexity index is 1360. The normalized spacial score (nSPS) is 17.8. The van der Waals surface area contributed by atoms with Crippen LogP contribution in [0.25, 0.3) is 22.3 Å². The summed E-state index contributed by atoms with van der Waals surface area (Å²) in [6.45, 7) is 7.19. The van der Waals surface area contributed by atoms with Crippen molar-refractivity contribution in [2.24, 2.45) is 7.05 Å². The molecule has 9 heteroatoms. The minimum atomic E-state index is 0.0128. The van der Waals surface area contributed by atoms with Gasteiger partial charge in [-0.15, -0.1) is 0 Å². The van der Waals surface area contributed by atoms with Crippen LogP contribution in [0.3, 0.4) is 0 Å². The lowest BCUT2D eigenvalue weighted by molar-refractivity contribution is 0.352. The molecule has 6 rings (SSSR count). The molecule has 1 saturated heterocycles. The standard InChI is InChI=1S/C25H29N9/c1-25(2)15-34(11-9-28-25)24-22-18(16-4-5-16)13-26-14-19(22)29-23(31-24)17-6-8-27-21(12-17)30-20-7-10-33(3)32-20/h6-8,10,12-14,16,28H,4-5,9,11,15H2,1-3H3,(H,27,30,32). The number of hydrogen-bond donors (Lipinski definition) is 2. The van der Waals surface area contributed by atoms with Crippen LogP contribution in [0.1, 0.15) is 38.2 Å². The first-order chi connectivity index (χ1) is 16.4. The second kappa shape index (κ2) is 8.02. The van der Waals surface area contributed by atoms with E-state index < -0.39 is 0 Å². The number of rotatable bonds is 5. The van der Waals surface area contributed by atoms with Crippen LogP contribution in [-0.2, 0) is 7.05 Å². The minimum absolute atomic E-state index is 0.0128. The molecule has 5 heterocycles. The Morgan fingerprint density at radius 2 is 2.00 bits per heavy atom. The zero-order valence-electron chi connectivity index (χ0n) is 19.8. The zero-order valence-corrected chi connectivity index (χ0v) is 19.8. The van der Waals surface area contributed by atoms with Gasteiger partial charge in [-0.1, -0.05) is 0 Å². The van der Waals surface area contributed by atoms with E-state index in [1.54, 1.807) is 10.9 Å². The van der Waals surface area contributed by atoms with Gasteiger partial charge in [0.1, 0.15) is 11.6 Å². The number of nitrogens with zero attached hydrogens (tertiary/aromatic N) is 7. The summed E-state index contributed by atoms with van der Waals surface area (Å²) in [4.78, 5) is 21.5. The van der Waals surface area contributed by atoms with Crippen molar-refractivity contribution in [1.82, 2.24) is 35.0 Å². The summed E-state index contributed by atoms with van der Waals surface area (Å²) in [7, 11) is 1.89. The lowest BCUT2D eigenvalue weighted by atomic mass is 10.0. The van der Waals surface area contributed by atoms with Crippen molar-refractivity contribution in [2.45, 2.75) is 38.1 Å². The Kier molecular flexibility index (Phi) is 4.95. The third-order valence-corrected chi connectivity index (χ3v) is 6.49. The van der Waals surface area contributed by atoms with Gasteiger partial charge in [0.05, 0.1) is 11.7 Å². The lowest BCUT2D eigenvalue weighted by Gasteiger charge is -2.40. The van der Waals surface area contributed by atoms with E-state index in [-0.39, 0.29) is 5.54 Å². The molecule has 0 bridgehead atoms. The number of fused-ring (bicyclic) bond motifs is 1. The fraction of sp³-hybridized carbons (Fsp3) is 0.400. The van der Waals surface area contributed by atoms with Gasteiger partial charge in [-0.3, -0.25) is 9.67 Å². The van der Waals surface area contributed by atoms with E-state index in [0.29, 0.717) is 17.6 Å². The van der Waals surface area contributed by atoms with Gasteiger partial charge in [-0.25, -0.2) is 15.0 Å². The molecule has 1 aliphatic carbocycles. The third-order valence-electron chi connectivity index (χ3n) is 6.49. The summed E-state index contributed by atoms with van der Waals surface area (Å²) in [5, 5.41) is 12.4. The largest absolute Gasteiger partial charge is 0.353 e. The summed E-state index contributed by atoms with van der Waals surface area (Å²) in [6.07, 6.45) is 9.98. The molecule has 4 aromatic rings. The van der Waals surface area contributed by atoms with Crippen LogP contribution >= 0.6 is 0 Å². The number of anilines is 3. The second-order valence-corrected chi connectivity index (χ2v) is 9.93. The van der Waals surface area contributed by atoms with E-state index in [9.17, 15) is 0 Å². The maximum atomic E-state index is 5.17. The van der Waals surface area contributed by atoms with E-state index in [2.05, 4.69) is 44.4 Å². The molecular weight excluding hydrogens is 426 g/mol. The van der Waals surface area contributed by atoms with Crippen LogP contribution in [0.2, 0.25) is 0 Å². The van der Waals surface area contributed by atoms with Crippen LogP contribution in [-0.4, -0.2) is 54.9 Å². The Labute approximate surface area is 198 Å². The number of nitrogens with one attached hydrogen (secondary N) is 2. The summed E-state index contributed by atoms with van der Waals surface area (Å²) in [5.41, 5.74) is 3.10. The maximum absolute atomic E-state index is 5.17. The summed E-state index contributed by atoms with van der Waals surface area (Å²) in [5.74, 6) is 3.70. The smallest absolute Gasteiger partial charge is 0.162 e. The molecule has 2 fully saturated rings. The van der Waals surface area contributed by atoms with Gasteiger partial charge in [-0.05, 0) is 50.3 Å². The van der Waals surface area contributed by atoms with Crippen molar-refractivity contribution in [3.8, 4) is 11.4 Å². The molecule has 34 heavy (non-hydrogen) atoms. The molecule has 2 aliphatic rings.